The van der Waals surface area contributed by atoms with Crippen molar-refractivity contribution >= 4 is 11.8 Å². The van der Waals surface area contributed by atoms with Crippen molar-refractivity contribution in [3.05, 3.63) is 0 Å². The summed E-state index contributed by atoms with van der Waals surface area (Å²) >= 11 is 0. The minimum Gasteiger partial charge on any atom is -0.345 e. The average Bonchev–Trinajstić information content (AvgIpc) is 2.28. The molecule has 1 aliphatic rings. The second-order valence-corrected chi connectivity index (χ2v) is 4.96. The van der Waals surface area contributed by atoms with Crippen LogP contribution < -0.4 is 10.6 Å². The molecule has 2 N–H and O–H groups in total. The zero-order valence-corrected chi connectivity index (χ0v) is 11.0. The van der Waals surface area contributed by atoms with Crippen LogP contribution in [-0.4, -0.2) is 48.9 Å². The van der Waals surface area contributed by atoms with E-state index in [0.717, 1.165) is 26.2 Å². The van der Waals surface area contributed by atoms with Gasteiger partial charge < -0.3 is 15.5 Å². The third kappa shape index (κ3) is 4.73. The maximum absolute atomic E-state index is 12.0. The van der Waals surface area contributed by atoms with Crippen LogP contribution in [0, 0.1) is 5.92 Å². The Morgan fingerprint density at radius 2 is 1.82 bits per heavy atom. The summed E-state index contributed by atoms with van der Waals surface area (Å²) in [5.41, 5.74) is 0. The van der Waals surface area contributed by atoms with E-state index in [1.807, 2.05) is 13.8 Å². The number of carbonyl (C=O) groups is 2. The Labute approximate surface area is 103 Å². The minimum absolute atomic E-state index is 0.0172. The lowest BCUT2D eigenvalue weighted by atomic mass is 10.1. The van der Waals surface area contributed by atoms with E-state index in [9.17, 15) is 9.59 Å². The van der Waals surface area contributed by atoms with Crippen LogP contribution in [0.15, 0.2) is 0 Å². The van der Waals surface area contributed by atoms with Crippen LogP contribution in [0.25, 0.3) is 0 Å². The summed E-state index contributed by atoms with van der Waals surface area (Å²) in [5, 5.41) is 5.95. The fourth-order valence-corrected chi connectivity index (χ4v) is 1.89. The molecule has 0 bridgehead atoms. The van der Waals surface area contributed by atoms with Gasteiger partial charge in [-0.2, -0.15) is 0 Å². The van der Waals surface area contributed by atoms with E-state index in [1.165, 1.54) is 0 Å². The van der Waals surface area contributed by atoms with Crippen LogP contribution in [0.4, 0.5) is 0 Å². The molecule has 0 aromatic heterocycles. The van der Waals surface area contributed by atoms with Gasteiger partial charge in [0.1, 0.15) is 6.04 Å². The first-order valence-corrected chi connectivity index (χ1v) is 6.29. The minimum atomic E-state index is -0.417. The number of nitrogens with one attached hydrogen (secondary N) is 2. The number of nitrogens with zero attached hydrogens (tertiary/aromatic N) is 1. The van der Waals surface area contributed by atoms with Gasteiger partial charge in [0.2, 0.25) is 11.8 Å². The lowest BCUT2D eigenvalue weighted by Gasteiger charge is -2.30. The molecule has 1 fully saturated rings. The highest BCUT2D eigenvalue weighted by Crippen LogP contribution is 2.01. The molecular weight excluding hydrogens is 218 g/mol. The van der Waals surface area contributed by atoms with E-state index in [1.54, 1.807) is 11.8 Å². The Morgan fingerprint density at radius 1 is 1.24 bits per heavy atom. The predicted octanol–water partition coefficient (Wildman–Crippen LogP) is -0.0310. The van der Waals surface area contributed by atoms with Crippen molar-refractivity contribution in [3.8, 4) is 0 Å². The summed E-state index contributed by atoms with van der Waals surface area (Å²) in [5.74, 6) is 0.288. The summed E-state index contributed by atoms with van der Waals surface area (Å²) in [6.07, 6.45) is 0.471. The number of hydrogen-bond acceptors (Lipinski definition) is 3. The molecule has 1 atom stereocenters. The maximum Gasteiger partial charge on any atom is 0.244 e. The molecule has 0 aromatic rings. The van der Waals surface area contributed by atoms with Gasteiger partial charge in [0.05, 0.1) is 0 Å². The van der Waals surface area contributed by atoms with Crippen molar-refractivity contribution in [2.75, 3.05) is 26.2 Å². The third-order valence-corrected chi connectivity index (χ3v) is 2.77. The SMILES string of the molecule is CC(C)CC(=O)NC(C)C(=O)N1CCNCC1. The van der Waals surface area contributed by atoms with Gasteiger partial charge in [0.25, 0.3) is 0 Å². The molecule has 5 heteroatoms. The summed E-state index contributed by atoms with van der Waals surface area (Å²) in [7, 11) is 0. The first-order chi connectivity index (χ1) is 8.00. The first-order valence-electron chi connectivity index (χ1n) is 6.29. The van der Waals surface area contributed by atoms with Crippen LogP contribution in [0.1, 0.15) is 27.2 Å². The van der Waals surface area contributed by atoms with Gasteiger partial charge in [-0.3, -0.25) is 9.59 Å². The molecule has 98 valence electrons. The van der Waals surface area contributed by atoms with E-state index in [4.69, 9.17) is 0 Å². The van der Waals surface area contributed by atoms with Crippen molar-refractivity contribution in [2.24, 2.45) is 5.92 Å². The summed E-state index contributed by atoms with van der Waals surface area (Å²) < 4.78 is 0. The van der Waals surface area contributed by atoms with Crippen LogP contribution in [0.3, 0.4) is 0 Å². The Morgan fingerprint density at radius 3 is 2.35 bits per heavy atom. The van der Waals surface area contributed by atoms with E-state index in [0.29, 0.717) is 12.3 Å². The molecule has 0 saturated carbocycles. The lowest BCUT2D eigenvalue weighted by molar-refractivity contribution is -0.136. The normalized spacial score (nSPS) is 18.0. The van der Waals surface area contributed by atoms with Gasteiger partial charge in [0.15, 0.2) is 0 Å². The summed E-state index contributed by atoms with van der Waals surface area (Å²) in [6, 6.07) is -0.417. The number of carbonyl (C=O) groups excluding carboxylic acids is 2. The standard InChI is InChI=1S/C12H23N3O2/c1-9(2)8-11(16)14-10(3)12(17)15-6-4-13-5-7-15/h9-10,13H,4-8H2,1-3H3,(H,14,16). The van der Waals surface area contributed by atoms with E-state index in [-0.39, 0.29) is 11.8 Å². The fraction of sp³-hybridized carbons (Fsp3) is 0.833. The lowest BCUT2D eigenvalue weighted by Crippen LogP contribution is -2.53. The first kappa shape index (κ1) is 14.0. The van der Waals surface area contributed by atoms with Crippen LogP contribution >= 0.6 is 0 Å². The Bertz CT molecular complexity index is 273. The molecule has 0 radical (unpaired) electrons. The summed E-state index contributed by atoms with van der Waals surface area (Å²) in [4.78, 5) is 25.4. The van der Waals surface area contributed by atoms with E-state index < -0.39 is 6.04 Å². The Kier molecular flexibility index (Phi) is 5.41. The van der Waals surface area contributed by atoms with Crippen LogP contribution in [0.2, 0.25) is 0 Å². The molecule has 0 spiro atoms. The van der Waals surface area contributed by atoms with Crippen molar-refractivity contribution in [2.45, 2.75) is 33.2 Å². The van der Waals surface area contributed by atoms with Gasteiger partial charge in [-0.1, -0.05) is 13.8 Å². The number of rotatable bonds is 4. The Hall–Kier alpha value is -1.10. The fourth-order valence-electron chi connectivity index (χ4n) is 1.89. The van der Waals surface area contributed by atoms with Crippen LogP contribution in [-0.2, 0) is 9.59 Å². The van der Waals surface area contributed by atoms with Crippen molar-refractivity contribution in [1.29, 1.82) is 0 Å². The highest BCUT2D eigenvalue weighted by Gasteiger charge is 2.23. The van der Waals surface area contributed by atoms with Gasteiger partial charge in [-0.15, -0.1) is 0 Å². The smallest absolute Gasteiger partial charge is 0.244 e. The second-order valence-electron chi connectivity index (χ2n) is 4.96. The molecule has 2 amide bonds. The molecule has 17 heavy (non-hydrogen) atoms. The molecule has 0 aliphatic carbocycles. The zero-order chi connectivity index (χ0) is 12.8. The van der Waals surface area contributed by atoms with E-state index >= 15 is 0 Å². The predicted molar refractivity (Wildman–Crippen MR) is 66.5 cm³/mol. The topological polar surface area (TPSA) is 61.4 Å². The van der Waals surface area contributed by atoms with Gasteiger partial charge in [-0.05, 0) is 12.8 Å². The molecule has 1 rings (SSSR count). The third-order valence-electron chi connectivity index (χ3n) is 2.77. The molecule has 1 heterocycles. The summed E-state index contributed by atoms with van der Waals surface area (Å²) in [6.45, 7) is 8.84. The maximum atomic E-state index is 12.0. The largest absolute Gasteiger partial charge is 0.345 e. The number of piperazine rings is 1. The molecule has 1 aliphatic heterocycles. The van der Waals surface area contributed by atoms with E-state index in [2.05, 4.69) is 10.6 Å². The van der Waals surface area contributed by atoms with Crippen molar-refractivity contribution in [3.63, 3.8) is 0 Å². The zero-order valence-electron chi connectivity index (χ0n) is 11.0. The molecule has 1 saturated heterocycles. The van der Waals surface area contributed by atoms with Crippen molar-refractivity contribution in [1.82, 2.24) is 15.5 Å². The molecule has 0 aromatic carbocycles. The van der Waals surface area contributed by atoms with Crippen molar-refractivity contribution < 1.29 is 9.59 Å². The quantitative estimate of drug-likeness (QED) is 0.726. The Balaban J connectivity index is 2.37. The molecular formula is C12H23N3O2. The number of hydrogen-bond donors (Lipinski definition) is 2. The van der Waals surface area contributed by atoms with Gasteiger partial charge in [0, 0.05) is 32.6 Å². The monoisotopic (exact) mass is 241 g/mol. The van der Waals surface area contributed by atoms with Crippen LogP contribution in [0.5, 0.6) is 0 Å². The van der Waals surface area contributed by atoms with Gasteiger partial charge in [-0.25, -0.2) is 0 Å². The molecule has 1 unspecified atom stereocenters. The number of amides is 2. The highest BCUT2D eigenvalue weighted by molar-refractivity contribution is 5.87. The van der Waals surface area contributed by atoms with Gasteiger partial charge >= 0.3 is 0 Å². The highest BCUT2D eigenvalue weighted by atomic mass is 16.2. The second kappa shape index (κ2) is 6.59. The average molecular weight is 241 g/mol. The molecule has 5 nitrogen and oxygen atoms in total.